The van der Waals surface area contributed by atoms with E-state index in [0.29, 0.717) is 6.08 Å². The zero-order chi connectivity index (χ0) is 12.5. The molecule has 0 fully saturated rings. The third-order valence-corrected chi connectivity index (χ3v) is 1.74. The van der Waals surface area contributed by atoms with E-state index in [9.17, 15) is 26.3 Å². The largest absolute Gasteiger partial charge is 0.426 e. The number of allylic oxidation sites excluding steroid dienone is 1. The SMILES string of the molecule is CC(C)=CCC(O)(C(F)(F)F)C(F)(F)F. The van der Waals surface area contributed by atoms with Crippen LogP contribution in [-0.2, 0) is 0 Å². The van der Waals surface area contributed by atoms with Gasteiger partial charge in [-0.2, -0.15) is 26.3 Å². The lowest BCUT2D eigenvalue weighted by Gasteiger charge is -2.31. The Labute approximate surface area is 82.4 Å². The van der Waals surface area contributed by atoms with E-state index in [-0.39, 0.29) is 5.57 Å². The van der Waals surface area contributed by atoms with Crippen molar-refractivity contribution in [3.63, 3.8) is 0 Å². The molecule has 0 spiro atoms. The molecule has 7 heteroatoms. The molecule has 0 bridgehead atoms. The Morgan fingerprint density at radius 1 is 1.00 bits per heavy atom. The van der Waals surface area contributed by atoms with E-state index >= 15 is 0 Å². The molecule has 0 saturated carbocycles. The van der Waals surface area contributed by atoms with Crippen LogP contribution in [0.4, 0.5) is 26.3 Å². The number of aliphatic hydroxyl groups is 1. The van der Waals surface area contributed by atoms with Crippen molar-refractivity contribution < 1.29 is 31.4 Å². The van der Waals surface area contributed by atoms with E-state index in [2.05, 4.69) is 0 Å². The molecule has 15 heavy (non-hydrogen) atoms. The molecule has 0 heterocycles. The molecule has 90 valence electrons. The van der Waals surface area contributed by atoms with Crippen LogP contribution in [0.3, 0.4) is 0 Å². The van der Waals surface area contributed by atoms with Gasteiger partial charge in [0.1, 0.15) is 0 Å². The average Bonchev–Trinajstić information content (AvgIpc) is 1.95. The number of hydrogen-bond acceptors (Lipinski definition) is 1. The summed E-state index contributed by atoms with van der Waals surface area (Å²) in [4.78, 5) is 0. The Kier molecular flexibility index (Phi) is 3.84. The van der Waals surface area contributed by atoms with Gasteiger partial charge in [0.15, 0.2) is 0 Å². The fraction of sp³-hybridized carbons (Fsp3) is 0.750. The first-order valence-electron chi connectivity index (χ1n) is 3.91. The summed E-state index contributed by atoms with van der Waals surface area (Å²) in [7, 11) is 0. The first kappa shape index (κ1) is 14.3. The molecule has 0 aliphatic rings. The highest BCUT2D eigenvalue weighted by Gasteiger charge is 2.69. The molecule has 0 rings (SSSR count). The molecule has 0 radical (unpaired) electrons. The molecule has 0 aliphatic heterocycles. The zero-order valence-corrected chi connectivity index (χ0v) is 8.00. The lowest BCUT2D eigenvalue weighted by Crippen LogP contribution is -2.56. The molecule has 0 aromatic carbocycles. The maximum absolute atomic E-state index is 12.1. The van der Waals surface area contributed by atoms with Crippen LogP contribution in [0.5, 0.6) is 0 Å². The van der Waals surface area contributed by atoms with Gasteiger partial charge in [-0.25, -0.2) is 0 Å². The Morgan fingerprint density at radius 3 is 1.53 bits per heavy atom. The van der Waals surface area contributed by atoms with Gasteiger partial charge in [0.2, 0.25) is 0 Å². The molecule has 0 atom stereocenters. The van der Waals surface area contributed by atoms with Gasteiger partial charge in [-0.1, -0.05) is 11.6 Å². The minimum absolute atomic E-state index is 0.266. The summed E-state index contributed by atoms with van der Waals surface area (Å²) in [6.45, 7) is 2.68. The Morgan fingerprint density at radius 2 is 1.33 bits per heavy atom. The molecule has 0 aromatic rings. The first-order chi connectivity index (χ1) is 6.42. The molecule has 1 N–H and O–H groups in total. The third kappa shape index (κ3) is 3.12. The summed E-state index contributed by atoms with van der Waals surface area (Å²) in [5.74, 6) is 0. The maximum Gasteiger partial charge on any atom is 0.426 e. The monoisotopic (exact) mass is 236 g/mol. The van der Waals surface area contributed by atoms with Crippen molar-refractivity contribution in [3.8, 4) is 0 Å². The average molecular weight is 236 g/mol. The van der Waals surface area contributed by atoms with Gasteiger partial charge < -0.3 is 5.11 Å². The predicted octanol–water partition coefficient (Wildman–Crippen LogP) is 3.20. The quantitative estimate of drug-likeness (QED) is 0.576. The maximum atomic E-state index is 12.1. The second kappa shape index (κ2) is 4.03. The van der Waals surface area contributed by atoms with Gasteiger partial charge in [-0.05, 0) is 13.8 Å². The Balaban J connectivity index is 5.16. The van der Waals surface area contributed by atoms with Crippen molar-refractivity contribution in [2.24, 2.45) is 0 Å². The molecule has 0 unspecified atom stereocenters. The number of halogens is 6. The van der Waals surface area contributed by atoms with Gasteiger partial charge in [0.25, 0.3) is 5.60 Å². The summed E-state index contributed by atoms with van der Waals surface area (Å²) in [5, 5.41) is 8.64. The highest BCUT2D eigenvalue weighted by Crippen LogP contribution is 2.45. The van der Waals surface area contributed by atoms with Gasteiger partial charge in [-0.3, -0.25) is 0 Å². The third-order valence-electron chi connectivity index (χ3n) is 1.74. The molecule has 0 aliphatic carbocycles. The zero-order valence-electron chi connectivity index (χ0n) is 8.00. The fourth-order valence-electron chi connectivity index (χ4n) is 0.744. The van der Waals surface area contributed by atoms with Crippen molar-refractivity contribution >= 4 is 0 Å². The van der Waals surface area contributed by atoms with Crippen LogP contribution in [-0.4, -0.2) is 23.1 Å². The van der Waals surface area contributed by atoms with Crippen molar-refractivity contribution in [1.29, 1.82) is 0 Å². The second-order valence-corrected chi connectivity index (χ2v) is 3.34. The molecule has 0 saturated heterocycles. The van der Waals surface area contributed by atoms with Crippen molar-refractivity contribution in [3.05, 3.63) is 11.6 Å². The van der Waals surface area contributed by atoms with E-state index in [1.54, 1.807) is 0 Å². The number of rotatable bonds is 2. The summed E-state index contributed by atoms with van der Waals surface area (Å²) in [6.07, 6.45) is -12.3. The van der Waals surface area contributed by atoms with Crippen LogP contribution in [0.1, 0.15) is 20.3 Å². The molecular weight excluding hydrogens is 226 g/mol. The van der Waals surface area contributed by atoms with Crippen LogP contribution >= 0.6 is 0 Å². The Bertz CT molecular complexity index is 231. The van der Waals surface area contributed by atoms with E-state index in [1.807, 2.05) is 0 Å². The first-order valence-corrected chi connectivity index (χ1v) is 3.91. The fourth-order valence-corrected chi connectivity index (χ4v) is 0.744. The highest BCUT2D eigenvalue weighted by atomic mass is 19.4. The summed E-state index contributed by atoms with van der Waals surface area (Å²) >= 11 is 0. The van der Waals surface area contributed by atoms with E-state index in [0.717, 1.165) is 0 Å². The van der Waals surface area contributed by atoms with Crippen LogP contribution in [0.25, 0.3) is 0 Å². The van der Waals surface area contributed by atoms with Crippen LogP contribution in [0.2, 0.25) is 0 Å². The minimum Gasteiger partial charge on any atom is -0.373 e. The van der Waals surface area contributed by atoms with Crippen molar-refractivity contribution in [1.82, 2.24) is 0 Å². The lowest BCUT2D eigenvalue weighted by molar-refractivity contribution is -0.366. The number of alkyl halides is 6. The highest BCUT2D eigenvalue weighted by molar-refractivity contribution is 5.04. The smallest absolute Gasteiger partial charge is 0.373 e. The normalized spacial score (nSPS) is 13.9. The van der Waals surface area contributed by atoms with Gasteiger partial charge in [0, 0.05) is 6.42 Å². The van der Waals surface area contributed by atoms with Crippen molar-refractivity contribution in [2.75, 3.05) is 0 Å². The van der Waals surface area contributed by atoms with Gasteiger partial charge in [0.05, 0.1) is 0 Å². The van der Waals surface area contributed by atoms with Crippen LogP contribution in [0, 0.1) is 0 Å². The van der Waals surface area contributed by atoms with E-state index in [1.165, 1.54) is 13.8 Å². The van der Waals surface area contributed by atoms with Crippen LogP contribution < -0.4 is 0 Å². The van der Waals surface area contributed by atoms with Gasteiger partial charge in [-0.15, -0.1) is 0 Å². The molecule has 0 aromatic heterocycles. The van der Waals surface area contributed by atoms with Crippen molar-refractivity contribution in [2.45, 2.75) is 38.2 Å². The van der Waals surface area contributed by atoms with E-state index in [4.69, 9.17) is 5.11 Å². The topological polar surface area (TPSA) is 20.2 Å². The molecular formula is C8H10F6O. The standard InChI is InChI=1S/C8H10F6O/c1-5(2)3-4-6(15,7(9,10)11)8(12,13)14/h3,15H,4H2,1-2H3. The van der Waals surface area contributed by atoms with Crippen LogP contribution in [0.15, 0.2) is 11.6 Å². The summed E-state index contributed by atoms with van der Waals surface area (Å²) in [6, 6.07) is 0. The minimum atomic E-state index is -5.74. The Hall–Kier alpha value is -0.720. The van der Waals surface area contributed by atoms with E-state index < -0.39 is 24.4 Å². The lowest BCUT2D eigenvalue weighted by atomic mass is 9.97. The number of hydrogen-bond donors (Lipinski definition) is 1. The summed E-state index contributed by atoms with van der Waals surface area (Å²) in [5.41, 5.74) is -4.40. The summed E-state index contributed by atoms with van der Waals surface area (Å²) < 4.78 is 72.3. The second-order valence-electron chi connectivity index (χ2n) is 3.34. The molecule has 0 amide bonds. The molecule has 1 nitrogen and oxygen atoms in total. The predicted molar refractivity (Wildman–Crippen MR) is 41.1 cm³/mol. The van der Waals surface area contributed by atoms with Gasteiger partial charge >= 0.3 is 12.4 Å².